The van der Waals surface area contributed by atoms with Crippen LogP contribution < -0.4 is 14.8 Å². The SMILES string of the molecule is COc1ccc(OC)c(/C=C/C(=O)N2CCCN2C(=O)CNC(=O)Cc2ccccc2)c1. The van der Waals surface area contributed by atoms with Crippen molar-refractivity contribution >= 4 is 23.8 Å². The number of amides is 3. The molecule has 8 nitrogen and oxygen atoms in total. The van der Waals surface area contributed by atoms with Crippen LogP contribution in [-0.2, 0) is 20.8 Å². The first-order valence-electron chi connectivity index (χ1n) is 10.3. The summed E-state index contributed by atoms with van der Waals surface area (Å²) in [5.74, 6) is 0.347. The average molecular weight is 437 g/mol. The van der Waals surface area contributed by atoms with Crippen LogP contribution >= 0.6 is 0 Å². The number of carbonyl (C=O) groups excluding carboxylic acids is 3. The van der Waals surface area contributed by atoms with Gasteiger partial charge in [0, 0.05) is 24.7 Å². The molecule has 168 valence electrons. The largest absolute Gasteiger partial charge is 0.497 e. The Bertz CT molecular complexity index is 990. The van der Waals surface area contributed by atoms with Gasteiger partial charge in [-0.3, -0.25) is 14.4 Å². The number of nitrogens with zero attached hydrogens (tertiary/aromatic N) is 2. The molecule has 0 radical (unpaired) electrons. The van der Waals surface area contributed by atoms with Crippen molar-refractivity contribution in [3.63, 3.8) is 0 Å². The fraction of sp³-hybridized carbons (Fsp3) is 0.292. The highest BCUT2D eigenvalue weighted by Crippen LogP contribution is 2.25. The number of rotatable bonds is 8. The Morgan fingerprint density at radius 3 is 2.47 bits per heavy atom. The van der Waals surface area contributed by atoms with Crippen molar-refractivity contribution in [2.75, 3.05) is 33.9 Å². The molecule has 1 fully saturated rings. The second-order valence-corrected chi connectivity index (χ2v) is 7.21. The van der Waals surface area contributed by atoms with Crippen LogP contribution in [0.1, 0.15) is 17.5 Å². The molecule has 1 N–H and O–H groups in total. The van der Waals surface area contributed by atoms with Crippen LogP contribution in [0.2, 0.25) is 0 Å². The summed E-state index contributed by atoms with van der Waals surface area (Å²) in [7, 11) is 3.11. The van der Waals surface area contributed by atoms with Crippen LogP contribution in [0.15, 0.2) is 54.6 Å². The van der Waals surface area contributed by atoms with E-state index in [1.807, 2.05) is 30.3 Å². The molecule has 3 rings (SSSR count). The van der Waals surface area contributed by atoms with Gasteiger partial charge in [-0.2, -0.15) is 0 Å². The third-order valence-corrected chi connectivity index (χ3v) is 5.06. The summed E-state index contributed by atoms with van der Waals surface area (Å²) in [5, 5.41) is 5.42. The predicted molar refractivity (Wildman–Crippen MR) is 120 cm³/mol. The Hall–Kier alpha value is -3.81. The van der Waals surface area contributed by atoms with Crippen LogP contribution in [0.3, 0.4) is 0 Å². The van der Waals surface area contributed by atoms with Gasteiger partial charge in [0.15, 0.2) is 0 Å². The maximum atomic E-state index is 12.8. The molecule has 1 heterocycles. The lowest BCUT2D eigenvalue weighted by Gasteiger charge is -2.27. The highest BCUT2D eigenvalue weighted by Gasteiger charge is 2.29. The van der Waals surface area contributed by atoms with E-state index in [1.165, 1.54) is 16.1 Å². The zero-order valence-corrected chi connectivity index (χ0v) is 18.2. The van der Waals surface area contributed by atoms with Crippen molar-refractivity contribution in [1.82, 2.24) is 15.3 Å². The number of nitrogens with one attached hydrogen (secondary N) is 1. The summed E-state index contributed by atoms with van der Waals surface area (Å²) in [5.41, 5.74) is 1.55. The lowest BCUT2D eigenvalue weighted by atomic mass is 10.1. The zero-order chi connectivity index (χ0) is 22.9. The minimum Gasteiger partial charge on any atom is -0.497 e. The number of benzene rings is 2. The van der Waals surface area contributed by atoms with Crippen molar-refractivity contribution < 1.29 is 23.9 Å². The topological polar surface area (TPSA) is 88.2 Å². The molecule has 0 spiro atoms. The Balaban J connectivity index is 1.58. The van der Waals surface area contributed by atoms with E-state index in [9.17, 15) is 14.4 Å². The van der Waals surface area contributed by atoms with Crippen molar-refractivity contribution in [3.8, 4) is 11.5 Å². The summed E-state index contributed by atoms with van der Waals surface area (Å²) in [6.45, 7) is 0.695. The van der Waals surface area contributed by atoms with Gasteiger partial charge in [-0.25, -0.2) is 10.0 Å². The van der Waals surface area contributed by atoms with Crippen molar-refractivity contribution in [3.05, 3.63) is 65.7 Å². The van der Waals surface area contributed by atoms with Crippen molar-refractivity contribution in [1.29, 1.82) is 0 Å². The summed E-state index contributed by atoms with van der Waals surface area (Å²) in [6, 6.07) is 14.6. The molecule has 1 aliphatic rings. The maximum Gasteiger partial charge on any atom is 0.265 e. The van der Waals surface area contributed by atoms with Crippen LogP contribution in [0.5, 0.6) is 11.5 Å². The Morgan fingerprint density at radius 2 is 1.75 bits per heavy atom. The number of hydrogen-bond acceptors (Lipinski definition) is 5. The number of methoxy groups -OCH3 is 2. The molecule has 0 aromatic heterocycles. The van der Waals surface area contributed by atoms with E-state index in [2.05, 4.69) is 5.32 Å². The van der Waals surface area contributed by atoms with Gasteiger partial charge in [0.05, 0.1) is 27.2 Å². The van der Waals surface area contributed by atoms with Gasteiger partial charge < -0.3 is 14.8 Å². The molecule has 2 aromatic carbocycles. The van der Waals surface area contributed by atoms with Crippen LogP contribution in [-0.4, -0.2) is 61.6 Å². The smallest absolute Gasteiger partial charge is 0.265 e. The van der Waals surface area contributed by atoms with E-state index in [4.69, 9.17) is 9.47 Å². The second kappa shape index (κ2) is 11.0. The number of carbonyl (C=O) groups is 3. The van der Waals surface area contributed by atoms with Crippen LogP contribution in [0.4, 0.5) is 0 Å². The molecule has 32 heavy (non-hydrogen) atoms. The fourth-order valence-electron chi connectivity index (χ4n) is 3.43. The minimum atomic E-state index is -0.329. The molecule has 0 aliphatic carbocycles. The van der Waals surface area contributed by atoms with E-state index >= 15 is 0 Å². The molecule has 3 amide bonds. The van der Waals surface area contributed by atoms with E-state index in [1.54, 1.807) is 38.5 Å². The Morgan fingerprint density at radius 1 is 1.00 bits per heavy atom. The first-order valence-corrected chi connectivity index (χ1v) is 10.3. The normalized spacial score (nSPS) is 13.3. The van der Waals surface area contributed by atoms with E-state index in [0.29, 0.717) is 36.6 Å². The molecule has 0 unspecified atom stereocenters. The predicted octanol–water partition coefficient (Wildman–Crippen LogP) is 2.05. The molecule has 2 aromatic rings. The van der Waals surface area contributed by atoms with E-state index < -0.39 is 0 Å². The molecular weight excluding hydrogens is 410 g/mol. The van der Waals surface area contributed by atoms with Gasteiger partial charge in [0.2, 0.25) is 5.91 Å². The highest BCUT2D eigenvalue weighted by atomic mass is 16.5. The van der Waals surface area contributed by atoms with E-state index in [-0.39, 0.29) is 30.7 Å². The molecule has 0 bridgehead atoms. The Labute approximate surface area is 187 Å². The first-order chi connectivity index (χ1) is 15.5. The van der Waals surface area contributed by atoms with Crippen molar-refractivity contribution in [2.45, 2.75) is 12.8 Å². The van der Waals surface area contributed by atoms with Gasteiger partial charge >= 0.3 is 0 Å². The van der Waals surface area contributed by atoms with Gasteiger partial charge in [-0.1, -0.05) is 30.3 Å². The monoisotopic (exact) mass is 437 g/mol. The van der Waals surface area contributed by atoms with Gasteiger partial charge in [0.25, 0.3) is 11.8 Å². The molecular formula is C24H27N3O5. The quantitative estimate of drug-likeness (QED) is 0.639. The number of ether oxygens (including phenoxy) is 2. The van der Waals surface area contributed by atoms with E-state index in [0.717, 1.165) is 5.56 Å². The summed E-state index contributed by atoms with van der Waals surface area (Å²) in [4.78, 5) is 37.5. The van der Waals surface area contributed by atoms with Crippen LogP contribution in [0, 0.1) is 0 Å². The lowest BCUT2D eigenvalue weighted by Crippen LogP contribution is -2.48. The summed E-state index contributed by atoms with van der Waals surface area (Å²) < 4.78 is 10.5. The molecule has 0 atom stereocenters. The maximum absolute atomic E-state index is 12.8. The molecule has 0 saturated carbocycles. The number of hydrogen-bond donors (Lipinski definition) is 1. The lowest BCUT2D eigenvalue weighted by molar-refractivity contribution is -0.154. The highest BCUT2D eigenvalue weighted by molar-refractivity contribution is 5.94. The van der Waals surface area contributed by atoms with Gasteiger partial charge in [0.1, 0.15) is 11.5 Å². The van der Waals surface area contributed by atoms with Gasteiger partial charge in [-0.05, 0) is 36.3 Å². The molecule has 1 aliphatic heterocycles. The standard InChI is InChI=1S/C24H27N3O5/c1-31-20-10-11-21(32-2)19(16-20)9-12-23(29)26-13-6-14-27(26)24(30)17-25-22(28)15-18-7-4-3-5-8-18/h3-5,7-12,16H,6,13-15,17H2,1-2H3,(H,25,28)/b12-9+. The van der Waals surface area contributed by atoms with Crippen molar-refractivity contribution in [2.24, 2.45) is 0 Å². The third-order valence-electron chi connectivity index (χ3n) is 5.06. The average Bonchev–Trinajstić information content (AvgIpc) is 3.31. The van der Waals surface area contributed by atoms with Gasteiger partial charge in [-0.15, -0.1) is 0 Å². The van der Waals surface area contributed by atoms with Crippen LogP contribution in [0.25, 0.3) is 6.08 Å². The Kier molecular flexibility index (Phi) is 7.85. The zero-order valence-electron chi connectivity index (χ0n) is 18.2. The molecule has 8 heteroatoms. The first kappa shape index (κ1) is 22.9. The fourth-order valence-corrected chi connectivity index (χ4v) is 3.43. The summed E-state index contributed by atoms with van der Waals surface area (Å²) in [6.07, 6.45) is 3.90. The number of hydrazine groups is 1. The third kappa shape index (κ3) is 5.87. The minimum absolute atomic E-state index is 0.164. The molecule has 1 saturated heterocycles. The second-order valence-electron chi connectivity index (χ2n) is 7.21. The summed E-state index contributed by atoms with van der Waals surface area (Å²) >= 11 is 0.